The Kier molecular flexibility index (Phi) is 6.26. The summed E-state index contributed by atoms with van der Waals surface area (Å²) in [6.07, 6.45) is 4.12. The van der Waals surface area contributed by atoms with Gasteiger partial charge in [-0.1, -0.05) is 30.3 Å². The van der Waals surface area contributed by atoms with Crippen molar-refractivity contribution in [3.63, 3.8) is 0 Å². The SMILES string of the molecule is O=C(NC(Cc1ccccc1)C(=O)O)C(=Cc1ccco1)NC(=O)c1ccco1. The molecule has 3 N–H and O–H groups in total. The van der Waals surface area contributed by atoms with Gasteiger partial charge in [-0.25, -0.2) is 4.79 Å². The van der Waals surface area contributed by atoms with Crippen LogP contribution in [0.1, 0.15) is 21.9 Å². The Morgan fingerprint density at radius 3 is 2.31 bits per heavy atom. The molecule has 3 rings (SSSR count). The van der Waals surface area contributed by atoms with Crippen molar-refractivity contribution in [1.29, 1.82) is 0 Å². The summed E-state index contributed by atoms with van der Waals surface area (Å²) >= 11 is 0. The lowest BCUT2D eigenvalue weighted by molar-refractivity contribution is -0.141. The van der Waals surface area contributed by atoms with E-state index < -0.39 is 23.8 Å². The molecule has 1 aromatic carbocycles. The highest BCUT2D eigenvalue weighted by molar-refractivity contribution is 6.05. The number of furan rings is 2. The van der Waals surface area contributed by atoms with E-state index in [1.165, 1.54) is 30.7 Å². The number of nitrogens with one attached hydrogen (secondary N) is 2. The fourth-order valence-electron chi connectivity index (χ4n) is 2.55. The zero-order chi connectivity index (χ0) is 20.6. The Morgan fingerprint density at radius 2 is 1.69 bits per heavy atom. The minimum Gasteiger partial charge on any atom is -0.480 e. The molecule has 8 heteroatoms. The summed E-state index contributed by atoms with van der Waals surface area (Å²) in [6, 6.07) is 13.9. The molecule has 0 saturated heterocycles. The molecule has 8 nitrogen and oxygen atoms in total. The van der Waals surface area contributed by atoms with E-state index in [0.717, 1.165) is 5.56 Å². The van der Waals surface area contributed by atoms with Crippen LogP contribution in [0.4, 0.5) is 0 Å². The summed E-state index contributed by atoms with van der Waals surface area (Å²) < 4.78 is 10.2. The van der Waals surface area contributed by atoms with E-state index >= 15 is 0 Å². The summed E-state index contributed by atoms with van der Waals surface area (Å²) in [4.78, 5) is 36.7. The lowest BCUT2D eigenvalue weighted by Crippen LogP contribution is -2.45. The van der Waals surface area contributed by atoms with Crippen molar-refractivity contribution >= 4 is 23.9 Å². The molecule has 29 heavy (non-hydrogen) atoms. The van der Waals surface area contributed by atoms with Gasteiger partial charge in [0.05, 0.1) is 12.5 Å². The van der Waals surface area contributed by atoms with E-state index in [-0.39, 0.29) is 17.9 Å². The molecular formula is C21H18N2O6. The molecule has 0 saturated carbocycles. The van der Waals surface area contributed by atoms with E-state index in [0.29, 0.717) is 5.76 Å². The van der Waals surface area contributed by atoms with Crippen LogP contribution < -0.4 is 10.6 Å². The molecular weight excluding hydrogens is 376 g/mol. The first-order chi connectivity index (χ1) is 14.0. The third kappa shape index (κ3) is 5.46. The Hall–Kier alpha value is -4.07. The van der Waals surface area contributed by atoms with Crippen molar-refractivity contribution in [2.75, 3.05) is 0 Å². The zero-order valence-corrected chi connectivity index (χ0v) is 15.2. The van der Waals surface area contributed by atoms with E-state index in [4.69, 9.17) is 8.83 Å². The number of benzene rings is 1. The second-order valence-electron chi connectivity index (χ2n) is 6.06. The first-order valence-electron chi connectivity index (χ1n) is 8.70. The van der Waals surface area contributed by atoms with Crippen LogP contribution >= 0.6 is 0 Å². The van der Waals surface area contributed by atoms with Crippen molar-refractivity contribution in [2.24, 2.45) is 0 Å². The zero-order valence-electron chi connectivity index (χ0n) is 15.2. The maximum atomic E-state index is 12.7. The number of rotatable bonds is 8. The molecule has 0 aliphatic heterocycles. The predicted octanol–water partition coefficient (Wildman–Crippen LogP) is 2.46. The summed E-state index contributed by atoms with van der Waals surface area (Å²) in [7, 11) is 0. The van der Waals surface area contributed by atoms with E-state index in [1.807, 2.05) is 6.07 Å². The summed E-state index contributed by atoms with van der Waals surface area (Å²) in [6.45, 7) is 0. The van der Waals surface area contributed by atoms with Gasteiger partial charge in [0.1, 0.15) is 17.5 Å². The molecule has 0 aliphatic rings. The second kappa shape index (κ2) is 9.23. The lowest BCUT2D eigenvalue weighted by atomic mass is 10.1. The van der Waals surface area contributed by atoms with Crippen molar-refractivity contribution < 1.29 is 28.3 Å². The molecule has 2 amide bonds. The number of hydrogen-bond donors (Lipinski definition) is 3. The molecule has 1 unspecified atom stereocenters. The normalized spacial score (nSPS) is 12.2. The smallest absolute Gasteiger partial charge is 0.326 e. The second-order valence-corrected chi connectivity index (χ2v) is 6.06. The van der Waals surface area contributed by atoms with Gasteiger partial charge in [-0.05, 0) is 29.8 Å². The number of aliphatic carboxylic acids is 1. The van der Waals surface area contributed by atoms with Crippen LogP contribution in [0.2, 0.25) is 0 Å². The van der Waals surface area contributed by atoms with E-state index in [1.54, 1.807) is 36.4 Å². The average Bonchev–Trinajstić information content (AvgIpc) is 3.41. The van der Waals surface area contributed by atoms with Gasteiger partial charge in [0, 0.05) is 12.5 Å². The molecule has 2 aromatic heterocycles. The Morgan fingerprint density at radius 1 is 0.966 bits per heavy atom. The van der Waals surface area contributed by atoms with Gasteiger partial charge in [-0.3, -0.25) is 9.59 Å². The van der Waals surface area contributed by atoms with E-state index in [9.17, 15) is 19.5 Å². The van der Waals surface area contributed by atoms with Gasteiger partial charge in [0.15, 0.2) is 5.76 Å². The van der Waals surface area contributed by atoms with Crippen LogP contribution in [0.25, 0.3) is 6.08 Å². The van der Waals surface area contributed by atoms with Gasteiger partial charge < -0.3 is 24.6 Å². The monoisotopic (exact) mass is 394 g/mol. The fraction of sp³-hybridized carbons (Fsp3) is 0.0952. The molecule has 0 spiro atoms. The standard InChI is InChI=1S/C21H18N2O6/c24-19(23-17(21(26)27)12-14-6-2-1-3-7-14)16(13-15-8-4-10-28-15)22-20(25)18-9-5-11-29-18/h1-11,13,17H,12H2,(H,22,25)(H,23,24)(H,26,27). The molecule has 3 aromatic rings. The van der Waals surface area contributed by atoms with Crippen LogP contribution in [0.15, 0.2) is 81.7 Å². The highest BCUT2D eigenvalue weighted by Crippen LogP contribution is 2.10. The summed E-state index contributed by atoms with van der Waals surface area (Å²) in [5.41, 5.74) is 0.567. The quantitative estimate of drug-likeness (QED) is 0.505. The van der Waals surface area contributed by atoms with Gasteiger partial charge in [-0.15, -0.1) is 0 Å². The highest BCUT2D eigenvalue weighted by Gasteiger charge is 2.24. The molecule has 0 radical (unpaired) electrons. The Bertz CT molecular complexity index is 991. The van der Waals surface area contributed by atoms with Crippen molar-refractivity contribution in [1.82, 2.24) is 10.6 Å². The lowest BCUT2D eigenvalue weighted by Gasteiger charge is -2.16. The number of hydrogen-bond acceptors (Lipinski definition) is 5. The summed E-state index contributed by atoms with van der Waals surface area (Å²) in [5, 5.41) is 14.4. The number of amides is 2. The highest BCUT2D eigenvalue weighted by atomic mass is 16.4. The number of carbonyl (C=O) groups excluding carboxylic acids is 2. The van der Waals surface area contributed by atoms with Crippen molar-refractivity contribution in [3.05, 3.63) is 89.9 Å². The molecule has 0 aliphatic carbocycles. The fourth-order valence-corrected chi connectivity index (χ4v) is 2.55. The number of carbonyl (C=O) groups is 3. The van der Waals surface area contributed by atoms with Gasteiger partial charge in [-0.2, -0.15) is 0 Å². The maximum Gasteiger partial charge on any atom is 0.326 e. The average molecular weight is 394 g/mol. The molecule has 148 valence electrons. The van der Waals surface area contributed by atoms with Gasteiger partial charge in [0.2, 0.25) is 0 Å². The molecule has 2 heterocycles. The van der Waals surface area contributed by atoms with Crippen molar-refractivity contribution in [3.8, 4) is 0 Å². The number of carboxylic acid groups (broad SMARTS) is 1. The largest absolute Gasteiger partial charge is 0.480 e. The minimum absolute atomic E-state index is 0.00205. The van der Waals surface area contributed by atoms with Crippen LogP contribution in [0, 0.1) is 0 Å². The van der Waals surface area contributed by atoms with Crippen LogP contribution in [0.5, 0.6) is 0 Å². The van der Waals surface area contributed by atoms with Gasteiger partial charge in [0.25, 0.3) is 11.8 Å². The minimum atomic E-state index is -1.20. The third-order valence-corrected chi connectivity index (χ3v) is 3.95. The van der Waals surface area contributed by atoms with E-state index in [2.05, 4.69) is 10.6 Å². The molecule has 0 bridgehead atoms. The third-order valence-electron chi connectivity index (χ3n) is 3.95. The topological polar surface area (TPSA) is 122 Å². The molecule has 1 atom stereocenters. The maximum absolute atomic E-state index is 12.7. The van der Waals surface area contributed by atoms with Crippen LogP contribution in [0.3, 0.4) is 0 Å². The Balaban J connectivity index is 1.79. The van der Waals surface area contributed by atoms with Gasteiger partial charge >= 0.3 is 5.97 Å². The number of carboxylic acids is 1. The van der Waals surface area contributed by atoms with Crippen LogP contribution in [-0.2, 0) is 16.0 Å². The molecule has 0 fully saturated rings. The predicted molar refractivity (Wildman–Crippen MR) is 103 cm³/mol. The first kappa shape index (κ1) is 19.7. The van der Waals surface area contributed by atoms with Crippen molar-refractivity contribution in [2.45, 2.75) is 12.5 Å². The summed E-state index contributed by atoms with van der Waals surface area (Å²) in [5.74, 6) is -2.31. The van der Waals surface area contributed by atoms with Crippen LogP contribution in [-0.4, -0.2) is 28.9 Å². The first-order valence-corrected chi connectivity index (χ1v) is 8.70. The Labute approximate surface area is 165 Å².